The summed E-state index contributed by atoms with van der Waals surface area (Å²) in [7, 11) is 4.85. The van der Waals surface area contributed by atoms with Gasteiger partial charge in [0.05, 0.1) is 26.2 Å². The Hall–Kier alpha value is -3.06. The summed E-state index contributed by atoms with van der Waals surface area (Å²) in [6.07, 6.45) is 1.48. The molecule has 0 bridgehead atoms. The van der Waals surface area contributed by atoms with E-state index in [9.17, 15) is 9.59 Å². The summed E-state index contributed by atoms with van der Waals surface area (Å²) in [5.74, 6) is 0.832. The maximum absolute atomic E-state index is 13.4. The quantitative estimate of drug-likeness (QED) is 0.643. The molecule has 2 aromatic rings. The molecule has 172 valence electrons. The maximum Gasteiger partial charge on any atom is 0.227 e. The molecular formula is C25H32N2O5. The standard InChI is InChI=1S/C25H32N2O5/c1-17(15-16-30-2)26-25(29)21-13-14-23(28)27(18-9-11-19(31-3)12-10-18)24(21)20-7-5-6-8-22(20)32-4/h5-12,17,21,24H,13-16H2,1-4H3,(H,26,29). The number of carbonyl (C=O) groups is 2. The van der Waals surface area contributed by atoms with Crippen LogP contribution in [0.3, 0.4) is 0 Å². The fourth-order valence-electron chi connectivity index (χ4n) is 4.20. The van der Waals surface area contributed by atoms with Gasteiger partial charge in [0.25, 0.3) is 0 Å². The Kier molecular flexibility index (Phi) is 8.11. The predicted molar refractivity (Wildman–Crippen MR) is 123 cm³/mol. The number of methoxy groups -OCH3 is 3. The molecule has 1 saturated heterocycles. The number of nitrogens with one attached hydrogen (secondary N) is 1. The summed E-state index contributed by atoms with van der Waals surface area (Å²) in [5.41, 5.74) is 1.53. The zero-order valence-corrected chi connectivity index (χ0v) is 19.2. The van der Waals surface area contributed by atoms with Gasteiger partial charge in [0.15, 0.2) is 0 Å². The third-order valence-corrected chi connectivity index (χ3v) is 5.89. The van der Waals surface area contributed by atoms with Gasteiger partial charge in [-0.3, -0.25) is 9.59 Å². The Morgan fingerprint density at radius 1 is 1.09 bits per heavy atom. The Morgan fingerprint density at radius 2 is 1.81 bits per heavy atom. The van der Waals surface area contributed by atoms with Gasteiger partial charge >= 0.3 is 0 Å². The van der Waals surface area contributed by atoms with Crippen LogP contribution in [0, 0.1) is 5.92 Å². The highest BCUT2D eigenvalue weighted by atomic mass is 16.5. The van der Waals surface area contributed by atoms with Crippen molar-refractivity contribution in [2.75, 3.05) is 32.8 Å². The van der Waals surface area contributed by atoms with Crippen LogP contribution in [0.25, 0.3) is 0 Å². The minimum absolute atomic E-state index is 0.0254. The molecule has 0 saturated carbocycles. The van der Waals surface area contributed by atoms with E-state index < -0.39 is 12.0 Å². The normalized spacial score (nSPS) is 19.4. The molecule has 7 heteroatoms. The van der Waals surface area contributed by atoms with Crippen LogP contribution in [0.5, 0.6) is 11.5 Å². The number of hydrogen-bond acceptors (Lipinski definition) is 5. The third kappa shape index (κ3) is 5.22. The second kappa shape index (κ2) is 11.0. The van der Waals surface area contributed by atoms with Crippen molar-refractivity contribution < 1.29 is 23.8 Å². The molecule has 3 atom stereocenters. The van der Waals surface area contributed by atoms with Crippen molar-refractivity contribution in [2.45, 2.75) is 38.3 Å². The lowest BCUT2D eigenvalue weighted by molar-refractivity contribution is -0.129. The molecule has 1 aliphatic rings. The van der Waals surface area contributed by atoms with E-state index in [0.717, 1.165) is 17.7 Å². The first-order chi connectivity index (χ1) is 15.5. The largest absolute Gasteiger partial charge is 0.497 e. The number of benzene rings is 2. The number of carbonyl (C=O) groups excluding carboxylic acids is 2. The molecule has 32 heavy (non-hydrogen) atoms. The topological polar surface area (TPSA) is 77.1 Å². The number of para-hydroxylation sites is 1. The summed E-state index contributed by atoms with van der Waals surface area (Å²) >= 11 is 0. The van der Waals surface area contributed by atoms with Gasteiger partial charge in [-0.1, -0.05) is 18.2 Å². The van der Waals surface area contributed by atoms with Crippen molar-refractivity contribution in [3.05, 3.63) is 54.1 Å². The van der Waals surface area contributed by atoms with Gasteiger partial charge in [0, 0.05) is 37.4 Å². The SMILES string of the molecule is COCCC(C)NC(=O)C1CCC(=O)N(c2ccc(OC)cc2)C1c1ccccc1OC. The molecule has 2 aromatic carbocycles. The van der Waals surface area contributed by atoms with E-state index in [4.69, 9.17) is 14.2 Å². The van der Waals surface area contributed by atoms with Crippen molar-refractivity contribution in [1.82, 2.24) is 5.32 Å². The molecule has 1 heterocycles. The van der Waals surface area contributed by atoms with Gasteiger partial charge in [0.1, 0.15) is 11.5 Å². The molecular weight excluding hydrogens is 408 g/mol. The van der Waals surface area contributed by atoms with E-state index in [0.29, 0.717) is 30.9 Å². The molecule has 1 aliphatic heterocycles. The van der Waals surface area contributed by atoms with Crippen LogP contribution in [-0.2, 0) is 14.3 Å². The van der Waals surface area contributed by atoms with E-state index in [2.05, 4.69) is 5.32 Å². The number of piperidine rings is 1. The van der Waals surface area contributed by atoms with Crippen LogP contribution in [0.1, 0.15) is 37.8 Å². The number of anilines is 1. The van der Waals surface area contributed by atoms with Gasteiger partial charge < -0.3 is 24.4 Å². The number of amides is 2. The lowest BCUT2D eigenvalue weighted by atomic mass is 9.82. The maximum atomic E-state index is 13.4. The highest BCUT2D eigenvalue weighted by Crippen LogP contribution is 2.43. The van der Waals surface area contributed by atoms with E-state index in [1.54, 1.807) is 26.2 Å². The molecule has 0 aliphatic carbocycles. The fourth-order valence-corrected chi connectivity index (χ4v) is 4.20. The summed E-state index contributed by atoms with van der Waals surface area (Å²) in [6, 6.07) is 14.4. The Balaban J connectivity index is 2.01. The van der Waals surface area contributed by atoms with Crippen molar-refractivity contribution in [1.29, 1.82) is 0 Å². The van der Waals surface area contributed by atoms with Gasteiger partial charge in [-0.2, -0.15) is 0 Å². The lowest BCUT2D eigenvalue weighted by Crippen LogP contribution is -2.49. The number of ether oxygens (including phenoxy) is 3. The van der Waals surface area contributed by atoms with Crippen LogP contribution in [0.4, 0.5) is 5.69 Å². The third-order valence-electron chi connectivity index (χ3n) is 5.89. The Labute approximate surface area is 189 Å². The molecule has 3 unspecified atom stereocenters. The minimum atomic E-state index is -0.490. The summed E-state index contributed by atoms with van der Waals surface area (Å²) in [4.78, 5) is 28.3. The Bertz CT molecular complexity index is 915. The first kappa shape index (κ1) is 23.6. The molecule has 0 aromatic heterocycles. The van der Waals surface area contributed by atoms with E-state index >= 15 is 0 Å². The van der Waals surface area contributed by atoms with Crippen molar-refractivity contribution >= 4 is 17.5 Å². The second-order valence-electron chi connectivity index (χ2n) is 7.98. The van der Waals surface area contributed by atoms with Crippen LogP contribution in [0.2, 0.25) is 0 Å². The second-order valence-corrected chi connectivity index (χ2v) is 7.98. The molecule has 7 nitrogen and oxygen atoms in total. The Morgan fingerprint density at radius 3 is 2.47 bits per heavy atom. The van der Waals surface area contributed by atoms with Crippen molar-refractivity contribution in [3.8, 4) is 11.5 Å². The van der Waals surface area contributed by atoms with Crippen molar-refractivity contribution in [3.63, 3.8) is 0 Å². The average Bonchev–Trinajstić information content (AvgIpc) is 2.82. The van der Waals surface area contributed by atoms with Gasteiger partial charge in [-0.05, 0) is 50.1 Å². The molecule has 0 radical (unpaired) electrons. The summed E-state index contributed by atoms with van der Waals surface area (Å²) < 4.78 is 16.0. The van der Waals surface area contributed by atoms with Crippen LogP contribution >= 0.6 is 0 Å². The van der Waals surface area contributed by atoms with Crippen LogP contribution in [-0.4, -0.2) is 45.8 Å². The summed E-state index contributed by atoms with van der Waals surface area (Å²) in [5, 5.41) is 3.11. The van der Waals surface area contributed by atoms with E-state index in [-0.39, 0.29) is 17.9 Å². The van der Waals surface area contributed by atoms with Crippen LogP contribution < -0.4 is 19.7 Å². The molecule has 1 fully saturated rings. The van der Waals surface area contributed by atoms with E-state index in [1.165, 1.54) is 0 Å². The first-order valence-electron chi connectivity index (χ1n) is 10.9. The van der Waals surface area contributed by atoms with Crippen molar-refractivity contribution in [2.24, 2.45) is 5.92 Å². The smallest absolute Gasteiger partial charge is 0.227 e. The zero-order chi connectivity index (χ0) is 23.1. The van der Waals surface area contributed by atoms with Gasteiger partial charge in [-0.15, -0.1) is 0 Å². The summed E-state index contributed by atoms with van der Waals surface area (Å²) in [6.45, 7) is 2.53. The van der Waals surface area contributed by atoms with Gasteiger partial charge in [-0.25, -0.2) is 0 Å². The minimum Gasteiger partial charge on any atom is -0.497 e. The van der Waals surface area contributed by atoms with Gasteiger partial charge in [0.2, 0.25) is 11.8 Å². The number of rotatable bonds is 9. The lowest BCUT2D eigenvalue weighted by Gasteiger charge is -2.41. The molecule has 0 spiro atoms. The molecule has 2 amide bonds. The monoisotopic (exact) mass is 440 g/mol. The fraction of sp³-hybridized carbons (Fsp3) is 0.440. The number of hydrogen-bond donors (Lipinski definition) is 1. The molecule has 3 rings (SSSR count). The number of nitrogens with zero attached hydrogens (tertiary/aromatic N) is 1. The first-order valence-corrected chi connectivity index (χ1v) is 10.9. The zero-order valence-electron chi connectivity index (χ0n) is 19.2. The van der Waals surface area contributed by atoms with E-state index in [1.807, 2.05) is 55.5 Å². The highest BCUT2D eigenvalue weighted by Gasteiger charge is 2.42. The average molecular weight is 441 g/mol. The molecule has 1 N–H and O–H groups in total. The highest BCUT2D eigenvalue weighted by molar-refractivity contribution is 5.97. The predicted octanol–water partition coefficient (Wildman–Crippen LogP) is 3.73. The van der Waals surface area contributed by atoms with Crippen LogP contribution in [0.15, 0.2) is 48.5 Å².